The standard InChI is InChI=1S/C12H13BrN2OS/c1-16-9-5-2-8(3-6-9)4-7-10-11(13)17-12(14)15-10/h2-3,5-6H,4,7H2,1H3,(H2,14,15). The molecule has 2 rings (SSSR count). The van der Waals surface area contributed by atoms with E-state index in [0.29, 0.717) is 5.13 Å². The van der Waals surface area contributed by atoms with Crippen molar-refractivity contribution >= 4 is 32.4 Å². The maximum Gasteiger partial charge on any atom is 0.181 e. The third-order valence-electron chi connectivity index (χ3n) is 2.48. The highest BCUT2D eigenvalue weighted by molar-refractivity contribution is 9.11. The first kappa shape index (κ1) is 12.4. The zero-order valence-electron chi connectivity index (χ0n) is 9.44. The summed E-state index contributed by atoms with van der Waals surface area (Å²) in [7, 11) is 1.67. The van der Waals surface area contributed by atoms with Gasteiger partial charge in [0.1, 0.15) is 5.75 Å². The second-order valence-corrected chi connectivity index (χ2v) is 5.97. The first-order valence-electron chi connectivity index (χ1n) is 5.22. The predicted molar refractivity (Wildman–Crippen MR) is 74.6 cm³/mol. The molecule has 17 heavy (non-hydrogen) atoms. The SMILES string of the molecule is COc1ccc(CCc2nc(N)sc2Br)cc1. The minimum atomic E-state index is 0.613. The second kappa shape index (κ2) is 5.51. The van der Waals surface area contributed by atoms with Crippen LogP contribution < -0.4 is 10.5 Å². The van der Waals surface area contributed by atoms with Crippen molar-refractivity contribution in [2.75, 3.05) is 12.8 Å². The Balaban J connectivity index is 1.99. The van der Waals surface area contributed by atoms with Gasteiger partial charge < -0.3 is 10.5 Å². The fourth-order valence-electron chi connectivity index (χ4n) is 1.56. The van der Waals surface area contributed by atoms with E-state index >= 15 is 0 Å². The molecule has 0 saturated heterocycles. The Labute approximate surface area is 113 Å². The number of anilines is 1. The molecule has 1 aromatic heterocycles. The van der Waals surface area contributed by atoms with Gasteiger partial charge >= 0.3 is 0 Å². The summed E-state index contributed by atoms with van der Waals surface area (Å²) in [5.74, 6) is 0.882. The summed E-state index contributed by atoms with van der Waals surface area (Å²) in [4.78, 5) is 4.28. The molecule has 0 bridgehead atoms. The van der Waals surface area contributed by atoms with Crippen molar-refractivity contribution in [2.24, 2.45) is 0 Å². The van der Waals surface area contributed by atoms with Crippen molar-refractivity contribution < 1.29 is 4.74 Å². The third kappa shape index (κ3) is 3.20. The van der Waals surface area contributed by atoms with Crippen LogP contribution in [0.5, 0.6) is 5.75 Å². The minimum absolute atomic E-state index is 0.613. The molecule has 1 aromatic carbocycles. The Morgan fingerprint density at radius 1 is 1.29 bits per heavy atom. The molecular formula is C12H13BrN2OS. The molecule has 0 atom stereocenters. The van der Waals surface area contributed by atoms with Gasteiger partial charge in [-0.25, -0.2) is 4.98 Å². The van der Waals surface area contributed by atoms with E-state index in [0.717, 1.165) is 28.1 Å². The van der Waals surface area contributed by atoms with E-state index < -0.39 is 0 Å². The molecule has 0 aliphatic carbocycles. The van der Waals surface area contributed by atoms with Gasteiger partial charge in [-0.3, -0.25) is 0 Å². The molecule has 0 amide bonds. The van der Waals surface area contributed by atoms with Gasteiger partial charge in [0.05, 0.1) is 16.6 Å². The number of benzene rings is 1. The van der Waals surface area contributed by atoms with Gasteiger partial charge in [0.25, 0.3) is 0 Å². The lowest BCUT2D eigenvalue weighted by molar-refractivity contribution is 0.414. The van der Waals surface area contributed by atoms with Gasteiger partial charge in [-0.1, -0.05) is 23.5 Å². The number of hydrogen-bond acceptors (Lipinski definition) is 4. The largest absolute Gasteiger partial charge is 0.497 e. The molecule has 5 heteroatoms. The van der Waals surface area contributed by atoms with E-state index in [-0.39, 0.29) is 0 Å². The molecule has 1 heterocycles. The molecule has 0 spiro atoms. The van der Waals surface area contributed by atoms with Crippen LogP contribution in [0.2, 0.25) is 0 Å². The number of thiazole rings is 1. The van der Waals surface area contributed by atoms with Crippen molar-refractivity contribution in [3.8, 4) is 5.75 Å². The highest BCUT2D eigenvalue weighted by Crippen LogP contribution is 2.27. The molecule has 90 valence electrons. The number of aromatic nitrogens is 1. The summed E-state index contributed by atoms with van der Waals surface area (Å²) in [5, 5.41) is 0.613. The molecule has 0 fully saturated rings. The van der Waals surface area contributed by atoms with E-state index in [2.05, 4.69) is 33.0 Å². The zero-order valence-corrected chi connectivity index (χ0v) is 11.8. The Bertz CT molecular complexity index is 496. The summed E-state index contributed by atoms with van der Waals surface area (Å²) in [6.07, 6.45) is 1.84. The van der Waals surface area contributed by atoms with E-state index in [1.807, 2.05) is 12.1 Å². The van der Waals surface area contributed by atoms with Crippen molar-refractivity contribution in [2.45, 2.75) is 12.8 Å². The first-order valence-corrected chi connectivity index (χ1v) is 6.83. The van der Waals surface area contributed by atoms with Crippen LogP contribution in [-0.4, -0.2) is 12.1 Å². The number of methoxy groups -OCH3 is 1. The Morgan fingerprint density at radius 3 is 2.53 bits per heavy atom. The van der Waals surface area contributed by atoms with Crippen LogP contribution >= 0.6 is 27.3 Å². The molecule has 0 saturated carbocycles. The smallest absolute Gasteiger partial charge is 0.181 e. The van der Waals surface area contributed by atoms with Gasteiger partial charge in [-0.15, -0.1) is 0 Å². The molecule has 0 aliphatic heterocycles. The molecule has 0 radical (unpaired) electrons. The van der Waals surface area contributed by atoms with E-state index in [1.54, 1.807) is 7.11 Å². The van der Waals surface area contributed by atoms with Crippen LogP contribution in [0.15, 0.2) is 28.1 Å². The molecule has 2 aromatic rings. The molecule has 0 unspecified atom stereocenters. The van der Waals surface area contributed by atoms with Crippen LogP contribution in [-0.2, 0) is 12.8 Å². The predicted octanol–water partition coefficient (Wildman–Crippen LogP) is 3.28. The third-order valence-corrected chi connectivity index (χ3v) is 4.13. The second-order valence-electron chi connectivity index (χ2n) is 3.62. The molecular weight excluding hydrogens is 300 g/mol. The van der Waals surface area contributed by atoms with Crippen LogP contribution in [0, 0.1) is 0 Å². The summed E-state index contributed by atoms with van der Waals surface area (Å²) in [6, 6.07) is 8.09. The van der Waals surface area contributed by atoms with Crippen LogP contribution in [0.4, 0.5) is 5.13 Å². The average Bonchev–Trinajstić information content (AvgIpc) is 2.66. The van der Waals surface area contributed by atoms with E-state index in [1.165, 1.54) is 16.9 Å². The maximum atomic E-state index is 5.65. The lowest BCUT2D eigenvalue weighted by Gasteiger charge is -2.02. The molecule has 2 N–H and O–H groups in total. The van der Waals surface area contributed by atoms with Gasteiger partial charge in [0.15, 0.2) is 5.13 Å². The number of nitrogen functional groups attached to an aromatic ring is 1. The van der Waals surface area contributed by atoms with Crippen LogP contribution in [0.1, 0.15) is 11.3 Å². The van der Waals surface area contributed by atoms with Gasteiger partial charge in [0, 0.05) is 0 Å². The van der Waals surface area contributed by atoms with Crippen molar-refractivity contribution in [3.63, 3.8) is 0 Å². The van der Waals surface area contributed by atoms with Crippen LogP contribution in [0.25, 0.3) is 0 Å². The Morgan fingerprint density at radius 2 is 2.00 bits per heavy atom. The normalized spacial score (nSPS) is 10.5. The highest BCUT2D eigenvalue weighted by atomic mass is 79.9. The van der Waals surface area contributed by atoms with Crippen LogP contribution in [0.3, 0.4) is 0 Å². The first-order chi connectivity index (χ1) is 8.19. The highest BCUT2D eigenvalue weighted by Gasteiger charge is 2.06. The monoisotopic (exact) mass is 312 g/mol. The van der Waals surface area contributed by atoms with Gasteiger partial charge in [-0.05, 0) is 46.5 Å². The van der Waals surface area contributed by atoms with Crippen molar-refractivity contribution in [1.29, 1.82) is 0 Å². The maximum absolute atomic E-state index is 5.65. The lowest BCUT2D eigenvalue weighted by Crippen LogP contribution is -1.93. The average molecular weight is 313 g/mol. The number of nitrogens with two attached hydrogens (primary N) is 1. The number of hydrogen-bond donors (Lipinski definition) is 1. The Hall–Kier alpha value is -1.07. The quantitative estimate of drug-likeness (QED) is 0.942. The van der Waals surface area contributed by atoms with Crippen molar-refractivity contribution in [1.82, 2.24) is 4.98 Å². The number of ether oxygens (including phenoxy) is 1. The van der Waals surface area contributed by atoms with E-state index in [4.69, 9.17) is 10.5 Å². The minimum Gasteiger partial charge on any atom is -0.497 e. The van der Waals surface area contributed by atoms with Gasteiger partial charge in [-0.2, -0.15) is 0 Å². The summed E-state index contributed by atoms with van der Waals surface area (Å²) in [6.45, 7) is 0. The van der Waals surface area contributed by atoms with E-state index in [9.17, 15) is 0 Å². The fourth-order valence-corrected chi connectivity index (χ4v) is 2.95. The molecule has 3 nitrogen and oxygen atoms in total. The number of nitrogens with zero attached hydrogens (tertiary/aromatic N) is 1. The fraction of sp³-hybridized carbons (Fsp3) is 0.250. The number of rotatable bonds is 4. The zero-order chi connectivity index (χ0) is 12.3. The topological polar surface area (TPSA) is 48.1 Å². The Kier molecular flexibility index (Phi) is 4.02. The number of halogens is 1. The van der Waals surface area contributed by atoms with Crippen molar-refractivity contribution in [3.05, 3.63) is 39.3 Å². The van der Waals surface area contributed by atoms with Gasteiger partial charge in [0.2, 0.25) is 0 Å². The summed E-state index contributed by atoms with van der Waals surface area (Å²) < 4.78 is 6.15. The summed E-state index contributed by atoms with van der Waals surface area (Å²) in [5.41, 5.74) is 7.95. The lowest BCUT2D eigenvalue weighted by atomic mass is 10.1. The molecule has 0 aliphatic rings. The summed E-state index contributed by atoms with van der Waals surface area (Å²) >= 11 is 4.94. The number of aryl methyl sites for hydroxylation is 2.